The van der Waals surface area contributed by atoms with E-state index in [2.05, 4.69) is 24.5 Å². The largest absolute Gasteiger partial charge is 0.503 e. The van der Waals surface area contributed by atoms with Gasteiger partial charge >= 0.3 is 12.1 Å². The second-order valence-electron chi connectivity index (χ2n) is 1.88. The smallest absolute Gasteiger partial charge is 0.450 e. The molecule has 0 bridgehead atoms. The van der Waals surface area contributed by atoms with Gasteiger partial charge in [-0.2, -0.15) is 0 Å². The molecule has 2 N–H and O–H groups in total. The summed E-state index contributed by atoms with van der Waals surface area (Å²) in [5, 5.41) is 13.9. The molecule has 0 aromatic rings. The molecule has 0 aromatic heterocycles. The van der Waals surface area contributed by atoms with Crippen LogP contribution >= 0.6 is 0 Å². The Morgan fingerprint density at radius 3 is 1.71 bits per heavy atom. The minimum Gasteiger partial charge on any atom is -0.450 e. The van der Waals surface area contributed by atoms with Crippen molar-refractivity contribution in [2.75, 3.05) is 0 Å². The van der Waals surface area contributed by atoms with Crippen molar-refractivity contribution in [2.45, 2.75) is 0 Å². The Bertz CT molecular complexity index is 219. The Balaban J connectivity index is 0. The van der Waals surface area contributed by atoms with Gasteiger partial charge in [-0.05, 0) is 0 Å². The Morgan fingerprint density at radius 1 is 1.14 bits per heavy atom. The molecule has 0 amide bonds. The molecule has 5 nitrogen and oxygen atoms in total. The van der Waals surface area contributed by atoms with Crippen LogP contribution in [0, 0.1) is 5.92 Å². The molecule has 0 fully saturated rings. The maximum absolute atomic E-state index is 10.8. The number of carbonyl (C=O) groups is 2. The summed E-state index contributed by atoms with van der Waals surface area (Å²) in [6.07, 6.45) is 2.17. The molecule has 5 heteroatoms. The zero-order valence-corrected chi connectivity index (χ0v) is 7.55. The summed E-state index contributed by atoms with van der Waals surface area (Å²) in [6, 6.07) is 0. The summed E-state index contributed by atoms with van der Waals surface area (Å²) in [4.78, 5) is 19.3. The van der Waals surface area contributed by atoms with E-state index in [9.17, 15) is 4.79 Å². The summed E-state index contributed by atoms with van der Waals surface area (Å²) in [5.74, 6) is -0.835. The fourth-order valence-electron chi connectivity index (χ4n) is 0.449. The van der Waals surface area contributed by atoms with Crippen LogP contribution in [0.2, 0.25) is 0 Å². The average Bonchev–Trinajstić information content (AvgIpc) is 2.06. The number of carboxylic acid groups (broad SMARTS) is 2. The van der Waals surface area contributed by atoms with Gasteiger partial charge in [0.1, 0.15) is 0 Å². The highest BCUT2D eigenvalue weighted by Gasteiger charge is 2.09. The predicted molar refractivity (Wildman–Crippen MR) is 50.8 cm³/mol. The number of hydrogen-bond acceptors (Lipinski definition) is 3. The summed E-state index contributed by atoms with van der Waals surface area (Å²) in [6.45, 7) is 10.1. The maximum atomic E-state index is 10.8. The Hall–Kier alpha value is -2.04. The number of esters is 1. The molecule has 0 saturated carbocycles. The van der Waals surface area contributed by atoms with Gasteiger partial charge in [0.25, 0.3) is 0 Å². The quantitative estimate of drug-likeness (QED) is 0.411. The van der Waals surface area contributed by atoms with Crippen LogP contribution in [0.15, 0.2) is 38.2 Å². The molecule has 0 aliphatic rings. The predicted octanol–water partition coefficient (Wildman–Crippen LogP) is 1.88. The van der Waals surface area contributed by atoms with E-state index in [0.717, 1.165) is 6.26 Å². The first-order valence-corrected chi connectivity index (χ1v) is 3.48. The molecule has 0 unspecified atom stereocenters. The first kappa shape index (κ1) is 14.5. The van der Waals surface area contributed by atoms with Gasteiger partial charge in [-0.25, -0.2) is 4.79 Å². The Kier molecular flexibility index (Phi) is 9.36. The first-order valence-electron chi connectivity index (χ1n) is 3.48. The van der Waals surface area contributed by atoms with Crippen molar-refractivity contribution < 1.29 is 24.5 Å². The second-order valence-corrected chi connectivity index (χ2v) is 1.88. The van der Waals surface area contributed by atoms with E-state index in [1.807, 2.05) is 0 Å². The van der Waals surface area contributed by atoms with Gasteiger partial charge in [0.2, 0.25) is 0 Å². The highest BCUT2D eigenvalue weighted by Crippen LogP contribution is 2.01. The molecule has 0 atom stereocenters. The number of ether oxygens (including phenoxy) is 1. The lowest BCUT2D eigenvalue weighted by molar-refractivity contribution is -0.139. The standard InChI is InChI=1S/C8H10O2.CH2O3/c1-4-7(5-2)8(9)10-6-3;2-1(3)4/h4-7H,1-3H2;(H2,2,3,4). The average molecular weight is 200 g/mol. The van der Waals surface area contributed by atoms with Crippen molar-refractivity contribution in [1.29, 1.82) is 0 Å². The maximum Gasteiger partial charge on any atom is 0.503 e. The monoisotopic (exact) mass is 200 g/mol. The van der Waals surface area contributed by atoms with Crippen molar-refractivity contribution in [1.82, 2.24) is 0 Å². The molecule has 78 valence electrons. The molecule has 0 aliphatic carbocycles. The van der Waals surface area contributed by atoms with E-state index in [-0.39, 0.29) is 0 Å². The first-order chi connectivity index (χ1) is 6.49. The topological polar surface area (TPSA) is 83.8 Å². The minimum atomic E-state index is -1.83. The SMILES string of the molecule is C=COC(=O)C(C=C)C=C.O=C(O)O. The number of hydrogen-bond donors (Lipinski definition) is 2. The summed E-state index contributed by atoms with van der Waals surface area (Å²) in [5.41, 5.74) is 0. The van der Waals surface area contributed by atoms with Crippen LogP contribution < -0.4 is 0 Å². The third-order valence-electron chi connectivity index (χ3n) is 0.980. The normalized spacial score (nSPS) is 7.79. The van der Waals surface area contributed by atoms with Gasteiger partial charge in [0.05, 0.1) is 12.2 Å². The molecule has 0 aromatic carbocycles. The lowest BCUT2D eigenvalue weighted by Crippen LogP contribution is -2.09. The summed E-state index contributed by atoms with van der Waals surface area (Å²) >= 11 is 0. The molecule has 0 rings (SSSR count). The van der Waals surface area contributed by atoms with Crippen molar-refractivity contribution >= 4 is 12.1 Å². The van der Waals surface area contributed by atoms with Crippen LogP contribution in [0.3, 0.4) is 0 Å². The van der Waals surface area contributed by atoms with Crippen molar-refractivity contribution in [3.05, 3.63) is 38.2 Å². The zero-order chi connectivity index (χ0) is 11.6. The Morgan fingerprint density at radius 2 is 1.50 bits per heavy atom. The highest BCUT2D eigenvalue weighted by molar-refractivity contribution is 5.76. The third-order valence-corrected chi connectivity index (χ3v) is 0.980. The van der Waals surface area contributed by atoms with Crippen LogP contribution in [0.25, 0.3) is 0 Å². The fourth-order valence-corrected chi connectivity index (χ4v) is 0.449. The molecule has 14 heavy (non-hydrogen) atoms. The number of carbonyl (C=O) groups excluding carboxylic acids is 1. The van der Waals surface area contributed by atoms with Crippen molar-refractivity contribution in [2.24, 2.45) is 5.92 Å². The van der Waals surface area contributed by atoms with E-state index in [0.29, 0.717) is 0 Å². The van der Waals surface area contributed by atoms with Gasteiger partial charge in [-0.1, -0.05) is 18.7 Å². The Labute approximate surface area is 81.6 Å². The van der Waals surface area contributed by atoms with Gasteiger partial charge in [0, 0.05) is 0 Å². The van der Waals surface area contributed by atoms with E-state index < -0.39 is 18.0 Å². The molecule has 0 radical (unpaired) electrons. The lowest BCUT2D eigenvalue weighted by atomic mass is 10.1. The van der Waals surface area contributed by atoms with Gasteiger partial charge in [-0.15, -0.1) is 13.2 Å². The van der Waals surface area contributed by atoms with Gasteiger partial charge < -0.3 is 14.9 Å². The van der Waals surface area contributed by atoms with E-state index in [4.69, 9.17) is 15.0 Å². The molecule has 0 saturated heterocycles. The summed E-state index contributed by atoms with van der Waals surface area (Å²) in [7, 11) is 0. The van der Waals surface area contributed by atoms with E-state index >= 15 is 0 Å². The summed E-state index contributed by atoms with van der Waals surface area (Å²) < 4.78 is 4.47. The van der Waals surface area contributed by atoms with Gasteiger partial charge in [0.15, 0.2) is 0 Å². The number of rotatable bonds is 4. The van der Waals surface area contributed by atoms with Crippen LogP contribution in [0.1, 0.15) is 0 Å². The van der Waals surface area contributed by atoms with Crippen LogP contribution in [-0.4, -0.2) is 22.3 Å². The van der Waals surface area contributed by atoms with E-state index in [1.165, 1.54) is 12.2 Å². The third kappa shape index (κ3) is 9.96. The zero-order valence-electron chi connectivity index (χ0n) is 7.55. The van der Waals surface area contributed by atoms with Crippen LogP contribution in [0.5, 0.6) is 0 Å². The molecule has 0 aliphatic heterocycles. The second kappa shape index (κ2) is 9.05. The molecule has 0 heterocycles. The highest BCUT2D eigenvalue weighted by atomic mass is 16.6. The van der Waals surface area contributed by atoms with Crippen molar-refractivity contribution in [3.8, 4) is 0 Å². The molecule has 0 spiro atoms. The van der Waals surface area contributed by atoms with E-state index in [1.54, 1.807) is 0 Å². The van der Waals surface area contributed by atoms with Crippen LogP contribution in [-0.2, 0) is 9.53 Å². The van der Waals surface area contributed by atoms with Crippen LogP contribution in [0.4, 0.5) is 4.79 Å². The lowest BCUT2D eigenvalue weighted by Gasteiger charge is -2.01. The van der Waals surface area contributed by atoms with Crippen molar-refractivity contribution in [3.63, 3.8) is 0 Å². The molecular formula is C9H12O5. The minimum absolute atomic E-state index is 0.403. The fraction of sp³-hybridized carbons (Fsp3) is 0.111. The molecular weight excluding hydrogens is 188 g/mol. The van der Waals surface area contributed by atoms with Gasteiger partial charge in [-0.3, -0.25) is 4.79 Å².